The Morgan fingerprint density at radius 3 is 2.80 bits per heavy atom. The van der Waals surface area contributed by atoms with Crippen LogP contribution in [0.5, 0.6) is 0 Å². The van der Waals surface area contributed by atoms with Crippen LogP contribution < -0.4 is 0 Å². The van der Waals surface area contributed by atoms with Crippen LogP contribution in [0.3, 0.4) is 0 Å². The second-order valence-electron chi connectivity index (χ2n) is 2.83. The molecule has 1 nitrogen and oxygen atoms in total. The molecule has 0 spiro atoms. The van der Waals surface area contributed by atoms with Crippen LogP contribution in [0, 0.1) is 12.3 Å². The Balaban J connectivity index is 2.59. The van der Waals surface area contributed by atoms with Gasteiger partial charge in [-0.2, -0.15) is 0 Å². The monoisotopic (exact) mass is 136 g/mol. The molecule has 0 radical (unpaired) electrons. The lowest BCUT2D eigenvalue weighted by molar-refractivity contribution is 0.186. The lowest BCUT2D eigenvalue weighted by atomic mass is 10.1. The van der Waals surface area contributed by atoms with Gasteiger partial charge in [-0.15, -0.1) is 12.3 Å². The number of terminal acetylenes is 1. The van der Waals surface area contributed by atoms with Crippen LogP contribution in [-0.4, -0.2) is 11.2 Å². The van der Waals surface area contributed by atoms with Crippen molar-refractivity contribution >= 4 is 0 Å². The summed E-state index contributed by atoms with van der Waals surface area (Å²) in [6.07, 6.45) is 7.30. The number of aliphatic hydroxyl groups excluding tert-OH is 1. The Morgan fingerprint density at radius 2 is 2.40 bits per heavy atom. The van der Waals surface area contributed by atoms with Gasteiger partial charge in [0.05, 0.1) is 6.10 Å². The summed E-state index contributed by atoms with van der Waals surface area (Å²) in [7, 11) is 0. The smallest absolute Gasteiger partial charge is 0.0614 e. The fourth-order valence-electron chi connectivity index (χ4n) is 1.37. The van der Waals surface area contributed by atoms with E-state index in [-0.39, 0.29) is 6.10 Å². The first kappa shape index (κ1) is 7.37. The second kappa shape index (κ2) is 2.90. The van der Waals surface area contributed by atoms with Gasteiger partial charge < -0.3 is 5.11 Å². The molecule has 0 heterocycles. The third-order valence-corrected chi connectivity index (χ3v) is 1.94. The summed E-state index contributed by atoms with van der Waals surface area (Å²) in [4.78, 5) is 0. The van der Waals surface area contributed by atoms with Gasteiger partial charge in [0, 0.05) is 6.42 Å². The molecular formula is C9H12O. The van der Waals surface area contributed by atoms with E-state index in [2.05, 4.69) is 5.92 Å². The van der Waals surface area contributed by atoms with Gasteiger partial charge in [0.1, 0.15) is 0 Å². The Hall–Kier alpha value is -0.740. The molecular weight excluding hydrogens is 124 g/mol. The molecule has 1 N–H and O–H groups in total. The second-order valence-corrected chi connectivity index (χ2v) is 2.83. The predicted octanol–water partition coefficient (Wildman–Crippen LogP) is 1.48. The highest BCUT2D eigenvalue weighted by molar-refractivity contribution is 5.23. The minimum Gasteiger partial charge on any atom is -0.392 e. The summed E-state index contributed by atoms with van der Waals surface area (Å²) in [6.45, 7) is 2.04. The Labute approximate surface area is 61.8 Å². The van der Waals surface area contributed by atoms with Gasteiger partial charge in [0.25, 0.3) is 0 Å². The average Bonchev–Trinajstić information content (AvgIpc) is 2.13. The normalized spacial score (nSPS) is 25.1. The van der Waals surface area contributed by atoms with Gasteiger partial charge in [0.15, 0.2) is 0 Å². The molecule has 0 aliphatic heterocycles. The minimum atomic E-state index is -0.164. The van der Waals surface area contributed by atoms with E-state index >= 15 is 0 Å². The summed E-state index contributed by atoms with van der Waals surface area (Å²) in [5.41, 5.74) is 2.54. The van der Waals surface area contributed by atoms with Crippen LogP contribution in [-0.2, 0) is 0 Å². The van der Waals surface area contributed by atoms with E-state index in [9.17, 15) is 5.11 Å². The molecule has 0 bridgehead atoms. The molecule has 1 rings (SSSR count). The van der Waals surface area contributed by atoms with E-state index < -0.39 is 0 Å². The maximum atomic E-state index is 9.19. The van der Waals surface area contributed by atoms with Gasteiger partial charge in [-0.05, 0) is 19.8 Å². The molecule has 0 fully saturated rings. The van der Waals surface area contributed by atoms with Crippen molar-refractivity contribution < 1.29 is 5.11 Å². The van der Waals surface area contributed by atoms with E-state index in [0.717, 1.165) is 12.8 Å². The molecule has 10 heavy (non-hydrogen) atoms. The van der Waals surface area contributed by atoms with Crippen LogP contribution in [0.2, 0.25) is 0 Å². The molecule has 1 atom stereocenters. The molecule has 54 valence electrons. The zero-order chi connectivity index (χ0) is 7.56. The van der Waals surface area contributed by atoms with Crippen molar-refractivity contribution in [2.45, 2.75) is 32.3 Å². The van der Waals surface area contributed by atoms with Gasteiger partial charge in [-0.3, -0.25) is 0 Å². The van der Waals surface area contributed by atoms with E-state index in [1.807, 2.05) is 6.92 Å². The Kier molecular flexibility index (Phi) is 2.13. The van der Waals surface area contributed by atoms with Crippen LogP contribution in [0.4, 0.5) is 0 Å². The van der Waals surface area contributed by atoms with Gasteiger partial charge >= 0.3 is 0 Å². The third kappa shape index (κ3) is 1.40. The standard InChI is InChI=1S/C9H12O/c1-3-4-8-6-9(10)5-7(8)2/h1,9-10H,4-6H2,2H3. The zero-order valence-corrected chi connectivity index (χ0v) is 6.22. The largest absolute Gasteiger partial charge is 0.392 e. The van der Waals surface area contributed by atoms with Gasteiger partial charge in [-0.25, -0.2) is 0 Å². The summed E-state index contributed by atoms with van der Waals surface area (Å²) >= 11 is 0. The number of hydrogen-bond donors (Lipinski definition) is 1. The van der Waals surface area contributed by atoms with Crippen LogP contribution in [0.15, 0.2) is 11.1 Å². The van der Waals surface area contributed by atoms with Crippen molar-refractivity contribution in [1.82, 2.24) is 0 Å². The third-order valence-electron chi connectivity index (χ3n) is 1.94. The minimum absolute atomic E-state index is 0.164. The van der Waals surface area contributed by atoms with Gasteiger partial charge in [-0.1, -0.05) is 11.1 Å². The summed E-state index contributed by atoms with van der Waals surface area (Å²) < 4.78 is 0. The highest BCUT2D eigenvalue weighted by atomic mass is 16.3. The molecule has 1 aliphatic carbocycles. The summed E-state index contributed by atoms with van der Waals surface area (Å²) in [6, 6.07) is 0. The fraction of sp³-hybridized carbons (Fsp3) is 0.556. The quantitative estimate of drug-likeness (QED) is 0.427. The molecule has 0 aromatic rings. The van der Waals surface area contributed by atoms with E-state index in [1.54, 1.807) is 0 Å². The van der Waals surface area contributed by atoms with E-state index in [0.29, 0.717) is 6.42 Å². The average molecular weight is 136 g/mol. The number of hydrogen-bond acceptors (Lipinski definition) is 1. The lowest BCUT2D eigenvalue weighted by Gasteiger charge is -1.97. The molecule has 0 amide bonds. The number of rotatable bonds is 1. The molecule has 1 unspecified atom stereocenters. The first-order valence-corrected chi connectivity index (χ1v) is 3.53. The molecule has 1 aliphatic rings. The van der Waals surface area contributed by atoms with Crippen molar-refractivity contribution in [2.75, 3.05) is 0 Å². The SMILES string of the molecule is C#CCC1=C(C)CC(O)C1. The molecule has 1 heteroatoms. The Morgan fingerprint density at radius 1 is 1.70 bits per heavy atom. The first-order chi connectivity index (χ1) is 4.74. The fourth-order valence-corrected chi connectivity index (χ4v) is 1.37. The highest BCUT2D eigenvalue weighted by Crippen LogP contribution is 2.27. The molecule has 0 aromatic carbocycles. The van der Waals surface area contributed by atoms with Crippen molar-refractivity contribution in [3.63, 3.8) is 0 Å². The van der Waals surface area contributed by atoms with Crippen LogP contribution >= 0.6 is 0 Å². The van der Waals surface area contributed by atoms with Gasteiger partial charge in [0.2, 0.25) is 0 Å². The maximum Gasteiger partial charge on any atom is 0.0614 e. The molecule has 0 saturated heterocycles. The first-order valence-electron chi connectivity index (χ1n) is 3.53. The predicted molar refractivity (Wildman–Crippen MR) is 41.4 cm³/mol. The molecule has 0 saturated carbocycles. The van der Waals surface area contributed by atoms with Crippen molar-refractivity contribution in [2.24, 2.45) is 0 Å². The maximum absolute atomic E-state index is 9.19. The number of aliphatic hydroxyl groups is 1. The Bertz CT molecular complexity index is 195. The van der Waals surface area contributed by atoms with E-state index in [4.69, 9.17) is 6.42 Å². The molecule has 0 aromatic heterocycles. The zero-order valence-electron chi connectivity index (χ0n) is 6.22. The van der Waals surface area contributed by atoms with Crippen molar-refractivity contribution in [3.05, 3.63) is 11.1 Å². The lowest BCUT2D eigenvalue weighted by Crippen LogP contribution is -1.98. The van der Waals surface area contributed by atoms with Crippen LogP contribution in [0.1, 0.15) is 26.2 Å². The van der Waals surface area contributed by atoms with Crippen LogP contribution in [0.25, 0.3) is 0 Å². The van der Waals surface area contributed by atoms with Crippen molar-refractivity contribution in [1.29, 1.82) is 0 Å². The summed E-state index contributed by atoms with van der Waals surface area (Å²) in [5.74, 6) is 2.59. The highest BCUT2D eigenvalue weighted by Gasteiger charge is 2.17. The van der Waals surface area contributed by atoms with E-state index in [1.165, 1.54) is 11.1 Å². The van der Waals surface area contributed by atoms with Crippen molar-refractivity contribution in [3.8, 4) is 12.3 Å². The topological polar surface area (TPSA) is 20.2 Å². The summed E-state index contributed by atoms with van der Waals surface area (Å²) in [5, 5.41) is 9.19.